The molecule has 0 radical (unpaired) electrons. The van der Waals surface area contributed by atoms with Gasteiger partial charge in [-0.15, -0.1) is 12.6 Å². The molecule has 0 bridgehead atoms. The molecule has 3 nitrogen and oxygen atoms in total. The second-order valence-electron chi connectivity index (χ2n) is 9.21. The fraction of sp³-hybridized carbons (Fsp3) is 0.500. The first-order valence-corrected chi connectivity index (χ1v) is 11.4. The molecule has 4 heteroatoms. The minimum absolute atomic E-state index is 0.0539. The second-order valence-corrected chi connectivity index (χ2v) is 9.69. The first-order valence-electron chi connectivity index (χ1n) is 11.0. The molecule has 30 heavy (non-hydrogen) atoms. The van der Waals surface area contributed by atoms with Crippen molar-refractivity contribution < 1.29 is 9.53 Å². The number of hydrogen-bond acceptors (Lipinski definition) is 3. The number of amides is 1. The number of benzene rings is 2. The summed E-state index contributed by atoms with van der Waals surface area (Å²) in [4.78, 5) is 13.7. The third-order valence-corrected chi connectivity index (χ3v) is 6.74. The number of nitrogens with one attached hydrogen (secondary N) is 1. The molecular formula is C26H37NO2S. The van der Waals surface area contributed by atoms with Gasteiger partial charge in [0.1, 0.15) is 5.75 Å². The van der Waals surface area contributed by atoms with E-state index in [2.05, 4.69) is 71.6 Å². The van der Waals surface area contributed by atoms with E-state index in [0.717, 1.165) is 29.1 Å². The summed E-state index contributed by atoms with van der Waals surface area (Å²) in [6.45, 7) is 15.4. The van der Waals surface area contributed by atoms with Crippen molar-refractivity contribution in [2.75, 3.05) is 5.32 Å². The Balaban J connectivity index is 2.36. The fourth-order valence-corrected chi connectivity index (χ4v) is 3.46. The Kier molecular flexibility index (Phi) is 8.04. The highest BCUT2D eigenvalue weighted by Gasteiger charge is 2.29. The molecule has 1 unspecified atom stereocenters. The van der Waals surface area contributed by atoms with Gasteiger partial charge in [-0.1, -0.05) is 72.7 Å². The lowest BCUT2D eigenvalue weighted by Gasteiger charge is -2.31. The number of anilines is 1. The van der Waals surface area contributed by atoms with Crippen molar-refractivity contribution in [3.63, 3.8) is 0 Å². The van der Waals surface area contributed by atoms with Gasteiger partial charge >= 0.3 is 0 Å². The van der Waals surface area contributed by atoms with Crippen molar-refractivity contribution in [3.8, 4) is 5.75 Å². The van der Waals surface area contributed by atoms with E-state index in [1.165, 1.54) is 5.56 Å². The number of carbonyl (C=O) groups excluding carboxylic acids is 1. The van der Waals surface area contributed by atoms with Gasteiger partial charge in [-0.3, -0.25) is 4.79 Å². The van der Waals surface area contributed by atoms with Crippen LogP contribution in [0, 0.1) is 0 Å². The molecule has 0 aliphatic carbocycles. The molecular weight excluding hydrogens is 390 g/mol. The van der Waals surface area contributed by atoms with Gasteiger partial charge < -0.3 is 10.1 Å². The van der Waals surface area contributed by atoms with E-state index < -0.39 is 6.10 Å². The highest BCUT2D eigenvalue weighted by molar-refractivity contribution is 7.80. The standard InChI is InChI=1S/C26H37NO2S/c1-8-21(24(28)27-20-13-11-12-14-23(20)30)29-22-16-15-18(25(4,5)9-2)17-19(22)26(6,7)10-3/h11-17,21,30H,8-10H2,1-7H3,(H,27,28). The molecule has 2 rings (SSSR count). The van der Waals surface area contributed by atoms with Crippen molar-refractivity contribution in [3.05, 3.63) is 53.6 Å². The zero-order chi connectivity index (χ0) is 22.5. The van der Waals surface area contributed by atoms with E-state index >= 15 is 0 Å². The Bertz CT molecular complexity index is 873. The zero-order valence-electron chi connectivity index (χ0n) is 19.5. The molecule has 164 valence electrons. The first-order chi connectivity index (χ1) is 14.1. The van der Waals surface area contributed by atoms with Crippen LogP contribution in [0.15, 0.2) is 47.4 Å². The number of hydrogen-bond donors (Lipinski definition) is 2. The van der Waals surface area contributed by atoms with Crippen LogP contribution in [0.25, 0.3) is 0 Å². The van der Waals surface area contributed by atoms with Crippen molar-refractivity contribution in [1.82, 2.24) is 0 Å². The van der Waals surface area contributed by atoms with Gasteiger partial charge in [0.05, 0.1) is 5.69 Å². The highest BCUT2D eigenvalue weighted by Crippen LogP contribution is 2.39. The first kappa shape index (κ1) is 24.3. The molecule has 1 amide bonds. The summed E-state index contributed by atoms with van der Waals surface area (Å²) in [7, 11) is 0. The van der Waals surface area contributed by atoms with E-state index in [9.17, 15) is 4.79 Å². The normalized spacial score (nSPS) is 13.1. The lowest BCUT2D eigenvalue weighted by Crippen LogP contribution is -2.33. The van der Waals surface area contributed by atoms with Crippen LogP contribution in [0.5, 0.6) is 5.75 Å². The Morgan fingerprint density at radius 2 is 1.63 bits per heavy atom. The maximum absolute atomic E-state index is 12.9. The van der Waals surface area contributed by atoms with Crippen molar-refractivity contribution in [2.45, 2.75) is 89.6 Å². The third kappa shape index (κ3) is 5.60. The van der Waals surface area contributed by atoms with Crippen LogP contribution in [-0.4, -0.2) is 12.0 Å². The van der Waals surface area contributed by atoms with E-state index in [1.54, 1.807) is 0 Å². The maximum Gasteiger partial charge on any atom is 0.265 e. The van der Waals surface area contributed by atoms with Gasteiger partial charge in [-0.05, 0) is 53.9 Å². The van der Waals surface area contributed by atoms with Gasteiger partial charge in [0.15, 0.2) is 6.10 Å². The minimum atomic E-state index is -0.575. The van der Waals surface area contributed by atoms with Gasteiger partial charge in [-0.2, -0.15) is 0 Å². The van der Waals surface area contributed by atoms with E-state index in [0.29, 0.717) is 12.1 Å². The van der Waals surface area contributed by atoms with Crippen molar-refractivity contribution >= 4 is 24.2 Å². The molecule has 2 aromatic carbocycles. The van der Waals surface area contributed by atoms with Crippen LogP contribution in [0.3, 0.4) is 0 Å². The monoisotopic (exact) mass is 427 g/mol. The van der Waals surface area contributed by atoms with Gasteiger partial charge in [0.25, 0.3) is 5.91 Å². The van der Waals surface area contributed by atoms with Crippen LogP contribution < -0.4 is 10.1 Å². The SMILES string of the molecule is CCC(Oc1ccc(C(C)(C)CC)cc1C(C)(C)CC)C(=O)Nc1ccccc1S. The Hall–Kier alpha value is -1.94. The molecule has 0 heterocycles. The van der Waals surface area contributed by atoms with Crippen LogP contribution in [0.4, 0.5) is 5.69 Å². The minimum Gasteiger partial charge on any atom is -0.480 e. The third-order valence-electron chi connectivity index (χ3n) is 6.35. The Morgan fingerprint density at radius 1 is 1.00 bits per heavy atom. The van der Waals surface area contributed by atoms with Crippen molar-refractivity contribution in [1.29, 1.82) is 0 Å². The van der Waals surface area contributed by atoms with Gasteiger partial charge in [0.2, 0.25) is 0 Å². The molecule has 0 fully saturated rings. The van der Waals surface area contributed by atoms with Crippen LogP contribution in [0.2, 0.25) is 0 Å². The topological polar surface area (TPSA) is 38.3 Å². The van der Waals surface area contributed by atoms with Crippen LogP contribution in [0.1, 0.15) is 78.9 Å². The Morgan fingerprint density at radius 3 is 2.20 bits per heavy atom. The Labute approximate surface area is 188 Å². The molecule has 0 aliphatic rings. The average Bonchev–Trinajstić information content (AvgIpc) is 2.73. The molecule has 1 N–H and O–H groups in total. The van der Waals surface area contributed by atoms with E-state index in [-0.39, 0.29) is 16.7 Å². The lowest BCUT2D eigenvalue weighted by atomic mass is 9.76. The van der Waals surface area contributed by atoms with Gasteiger partial charge in [0, 0.05) is 10.5 Å². The molecule has 0 aromatic heterocycles. The highest BCUT2D eigenvalue weighted by atomic mass is 32.1. The quantitative estimate of drug-likeness (QED) is 0.417. The molecule has 2 aromatic rings. The summed E-state index contributed by atoms with van der Waals surface area (Å²) in [5.74, 6) is 0.635. The lowest BCUT2D eigenvalue weighted by molar-refractivity contribution is -0.122. The molecule has 0 saturated heterocycles. The fourth-order valence-electron chi connectivity index (χ4n) is 3.25. The average molecular weight is 428 g/mol. The number of thiol groups is 1. The van der Waals surface area contributed by atoms with E-state index in [1.807, 2.05) is 37.3 Å². The predicted molar refractivity (Wildman–Crippen MR) is 130 cm³/mol. The summed E-state index contributed by atoms with van der Waals surface area (Å²) >= 11 is 4.43. The molecule has 0 saturated carbocycles. The smallest absolute Gasteiger partial charge is 0.265 e. The number of para-hydroxylation sites is 1. The summed E-state index contributed by atoms with van der Waals surface area (Å²) < 4.78 is 6.32. The number of rotatable bonds is 9. The predicted octanol–water partition coefficient (Wildman–Crippen LogP) is 7.15. The molecule has 0 aliphatic heterocycles. The number of carbonyl (C=O) groups is 1. The second kappa shape index (κ2) is 9.91. The summed E-state index contributed by atoms with van der Waals surface area (Å²) in [5.41, 5.74) is 3.19. The van der Waals surface area contributed by atoms with Crippen molar-refractivity contribution in [2.24, 2.45) is 0 Å². The zero-order valence-corrected chi connectivity index (χ0v) is 20.4. The van der Waals surface area contributed by atoms with Crippen LogP contribution in [-0.2, 0) is 15.6 Å². The molecule has 0 spiro atoms. The summed E-state index contributed by atoms with van der Waals surface area (Å²) in [6, 6.07) is 13.9. The maximum atomic E-state index is 12.9. The van der Waals surface area contributed by atoms with Crippen LogP contribution >= 0.6 is 12.6 Å². The largest absolute Gasteiger partial charge is 0.480 e. The molecule has 1 atom stereocenters. The van der Waals surface area contributed by atoms with Gasteiger partial charge in [-0.25, -0.2) is 0 Å². The summed E-state index contributed by atoms with van der Waals surface area (Å²) in [6.07, 6.45) is 2.04. The summed E-state index contributed by atoms with van der Waals surface area (Å²) in [5, 5.41) is 2.96. The number of ether oxygens (including phenoxy) is 1. The van der Waals surface area contributed by atoms with E-state index in [4.69, 9.17) is 4.74 Å².